The SMILES string of the molecule is COc1ccc(OC)c(NC(=O)Cn2c(=O)c3c(OC)c(C)cnc3n(C)c2=O)c1. The average molecular weight is 414 g/mol. The Hall–Kier alpha value is -3.82. The van der Waals surface area contributed by atoms with E-state index in [2.05, 4.69) is 10.3 Å². The van der Waals surface area contributed by atoms with Crippen LogP contribution in [-0.2, 0) is 18.4 Å². The molecule has 30 heavy (non-hydrogen) atoms. The summed E-state index contributed by atoms with van der Waals surface area (Å²) in [5.41, 5.74) is -0.161. The summed E-state index contributed by atoms with van der Waals surface area (Å²) in [6.07, 6.45) is 1.52. The summed E-state index contributed by atoms with van der Waals surface area (Å²) >= 11 is 0. The smallest absolute Gasteiger partial charge is 0.332 e. The van der Waals surface area contributed by atoms with Gasteiger partial charge in [0.1, 0.15) is 29.2 Å². The standard InChI is InChI=1S/C20H22N4O6/c1-11-9-21-18-16(17(11)30-5)19(26)24(20(27)23(18)2)10-15(25)22-13-8-12(28-3)6-7-14(13)29-4/h6-9H,10H2,1-5H3,(H,22,25). The highest BCUT2D eigenvalue weighted by molar-refractivity contribution is 5.92. The molecule has 0 spiro atoms. The minimum atomic E-state index is -0.668. The topological polar surface area (TPSA) is 114 Å². The van der Waals surface area contributed by atoms with Crippen LogP contribution in [0.3, 0.4) is 0 Å². The molecule has 10 heteroatoms. The Morgan fingerprint density at radius 1 is 1.13 bits per heavy atom. The molecule has 1 N–H and O–H groups in total. The van der Waals surface area contributed by atoms with Crippen molar-refractivity contribution in [3.05, 3.63) is 50.8 Å². The first kappa shape index (κ1) is 20.9. The van der Waals surface area contributed by atoms with Crippen LogP contribution in [0, 0.1) is 6.92 Å². The Morgan fingerprint density at radius 3 is 2.50 bits per heavy atom. The van der Waals surface area contributed by atoms with E-state index in [0.717, 1.165) is 4.57 Å². The molecule has 0 saturated carbocycles. The summed E-state index contributed by atoms with van der Waals surface area (Å²) < 4.78 is 17.8. The number of nitrogens with zero attached hydrogens (tertiary/aromatic N) is 3. The van der Waals surface area contributed by atoms with Crippen molar-refractivity contribution < 1.29 is 19.0 Å². The number of benzene rings is 1. The van der Waals surface area contributed by atoms with E-state index in [1.54, 1.807) is 25.1 Å². The molecule has 0 radical (unpaired) electrons. The van der Waals surface area contributed by atoms with Gasteiger partial charge in [-0.2, -0.15) is 0 Å². The van der Waals surface area contributed by atoms with Crippen LogP contribution in [-0.4, -0.2) is 41.4 Å². The lowest BCUT2D eigenvalue weighted by molar-refractivity contribution is -0.116. The monoisotopic (exact) mass is 414 g/mol. The zero-order chi connectivity index (χ0) is 22.0. The van der Waals surface area contributed by atoms with Gasteiger partial charge in [-0.15, -0.1) is 0 Å². The van der Waals surface area contributed by atoms with Gasteiger partial charge in [0.05, 0.1) is 27.0 Å². The Bertz CT molecular complexity index is 1240. The number of aromatic nitrogens is 3. The Labute approximate surface area is 171 Å². The van der Waals surface area contributed by atoms with Crippen LogP contribution < -0.4 is 30.8 Å². The van der Waals surface area contributed by atoms with E-state index in [4.69, 9.17) is 14.2 Å². The molecule has 1 amide bonds. The first-order chi connectivity index (χ1) is 14.3. The number of methoxy groups -OCH3 is 3. The molecule has 1 aromatic carbocycles. The van der Waals surface area contributed by atoms with Gasteiger partial charge in [-0.1, -0.05) is 0 Å². The molecule has 10 nitrogen and oxygen atoms in total. The Morgan fingerprint density at radius 2 is 1.87 bits per heavy atom. The zero-order valence-electron chi connectivity index (χ0n) is 17.3. The van der Waals surface area contributed by atoms with Crippen molar-refractivity contribution in [1.82, 2.24) is 14.1 Å². The molecule has 0 unspecified atom stereocenters. The number of pyridine rings is 1. The lowest BCUT2D eigenvalue weighted by atomic mass is 10.2. The van der Waals surface area contributed by atoms with Crippen LogP contribution in [0.2, 0.25) is 0 Å². The molecular weight excluding hydrogens is 392 g/mol. The highest BCUT2D eigenvalue weighted by Gasteiger charge is 2.20. The summed E-state index contributed by atoms with van der Waals surface area (Å²) in [4.78, 5) is 42.6. The third-order valence-corrected chi connectivity index (χ3v) is 4.67. The fourth-order valence-corrected chi connectivity index (χ4v) is 3.17. The van der Waals surface area contributed by atoms with E-state index in [-0.39, 0.29) is 11.0 Å². The van der Waals surface area contributed by atoms with Crippen LogP contribution in [0.25, 0.3) is 11.0 Å². The van der Waals surface area contributed by atoms with Crippen molar-refractivity contribution in [2.75, 3.05) is 26.6 Å². The molecule has 0 fully saturated rings. The molecule has 158 valence electrons. The number of carbonyl (C=O) groups excluding carboxylic acids is 1. The number of hydrogen-bond donors (Lipinski definition) is 1. The number of ether oxygens (including phenoxy) is 3. The molecule has 3 aromatic rings. The van der Waals surface area contributed by atoms with Crippen LogP contribution in [0.4, 0.5) is 5.69 Å². The molecule has 0 saturated heterocycles. The fourth-order valence-electron chi connectivity index (χ4n) is 3.17. The highest BCUT2D eigenvalue weighted by Crippen LogP contribution is 2.29. The number of carbonyl (C=O) groups is 1. The van der Waals surface area contributed by atoms with Crippen molar-refractivity contribution in [3.8, 4) is 17.2 Å². The minimum absolute atomic E-state index is 0.131. The van der Waals surface area contributed by atoms with Gasteiger partial charge in [-0.3, -0.25) is 14.2 Å². The second kappa shape index (κ2) is 8.27. The first-order valence-electron chi connectivity index (χ1n) is 8.97. The summed E-state index contributed by atoms with van der Waals surface area (Å²) in [6.45, 7) is 1.24. The van der Waals surface area contributed by atoms with Crippen molar-refractivity contribution in [2.45, 2.75) is 13.5 Å². The van der Waals surface area contributed by atoms with Crippen LogP contribution in [0.15, 0.2) is 34.0 Å². The number of amides is 1. The predicted molar refractivity (Wildman–Crippen MR) is 111 cm³/mol. The second-order valence-electron chi connectivity index (χ2n) is 6.52. The maximum absolute atomic E-state index is 13.0. The van der Waals surface area contributed by atoms with E-state index < -0.39 is 23.7 Å². The molecule has 2 heterocycles. The molecular formula is C20H22N4O6. The van der Waals surface area contributed by atoms with Gasteiger partial charge in [0.15, 0.2) is 5.65 Å². The van der Waals surface area contributed by atoms with Gasteiger partial charge in [0, 0.05) is 24.9 Å². The molecule has 3 rings (SSSR count). The first-order valence-corrected chi connectivity index (χ1v) is 8.97. The third kappa shape index (κ3) is 3.59. The van der Waals surface area contributed by atoms with E-state index in [0.29, 0.717) is 28.5 Å². The number of fused-ring (bicyclic) bond motifs is 1. The normalized spacial score (nSPS) is 10.7. The number of rotatable bonds is 6. The lowest BCUT2D eigenvalue weighted by Gasteiger charge is -2.14. The van der Waals surface area contributed by atoms with Crippen molar-refractivity contribution in [1.29, 1.82) is 0 Å². The lowest BCUT2D eigenvalue weighted by Crippen LogP contribution is -2.42. The minimum Gasteiger partial charge on any atom is -0.497 e. The van der Waals surface area contributed by atoms with Gasteiger partial charge >= 0.3 is 5.69 Å². The van der Waals surface area contributed by atoms with E-state index in [1.807, 2.05) is 0 Å². The summed E-state index contributed by atoms with van der Waals surface area (Å²) in [7, 11) is 5.86. The zero-order valence-corrected chi connectivity index (χ0v) is 17.3. The van der Waals surface area contributed by atoms with Gasteiger partial charge in [-0.25, -0.2) is 14.3 Å². The number of anilines is 1. The van der Waals surface area contributed by atoms with Gasteiger partial charge in [0.25, 0.3) is 5.56 Å². The Kier molecular flexibility index (Phi) is 5.77. The predicted octanol–water partition coefficient (Wildman–Crippen LogP) is 1.07. The van der Waals surface area contributed by atoms with Gasteiger partial charge in [0.2, 0.25) is 5.91 Å². The van der Waals surface area contributed by atoms with Crippen LogP contribution >= 0.6 is 0 Å². The van der Waals surface area contributed by atoms with Gasteiger partial charge < -0.3 is 19.5 Å². The third-order valence-electron chi connectivity index (χ3n) is 4.67. The maximum Gasteiger partial charge on any atom is 0.332 e. The number of nitrogens with one attached hydrogen (secondary N) is 1. The highest BCUT2D eigenvalue weighted by atomic mass is 16.5. The maximum atomic E-state index is 13.0. The van der Waals surface area contributed by atoms with E-state index in [9.17, 15) is 14.4 Å². The number of hydrogen-bond acceptors (Lipinski definition) is 7. The van der Waals surface area contributed by atoms with Crippen molar-refractivity contribution in [3.63, 3.8) is 0 Å². The molecule has 2 aromatic heterocycles. The fraction of sp³-hybridized carbons (Fsp3) is 0.300. The molecule has 0 aliphatic carbocycles. The van der Waals surface area contributed by atoms with E-state index >= 15 is 0 Å². The summed E-state index contributed by atoms with van der Waals surface area (Å²) in [5, 5.41) is 2.78. The molecule has 0 atom stereocenters. The quantitative estimate of drug-likeness (QED) is 0.642. The average Bonchev–Trinajstić information content (AvgIpc) is 2.74. The van der Waals surface area contributed by atoms with Crippen molar-refractivity contribution >= 4 is 22.6 Å². The van der Waals surface area contributed by atoms with E-state index in [1.165, 1.54) is 39.1 Å². The van der Waals surface area contributed by atoms with Crippen molar-refractivity contribution in [2.24, 2.45) is 7.05 Å². The molecule has 0 bridgehead atoms. The number of aryl methyl sites for hydroxylation is 2. The largest absolute Gasteiger partial charge is 0.497 e. The molecule has 0 aliphatic rings. The molecule has 0 aliphatic heterocycles. The summed E-state index contributed by atoms with van der Waals surface area (Å²) in [6, 6.07) is 4.89. The summed E-state index contributed by atoms with van der Waals surface area (Å²) in [5.74, 6) is 0.643. The van der Waals surface area contributed by atoms with Crippen LogP contribution in [0.5, 0.6) is 17.2 Å². The van der Waals surface area contributed by atoms with Crippen LogP contribution in [0.1, 0.15) is 5.56 Å². The van der Waals surface area contributed by atoms with Gasteiger partial charge in [-0.05, 0) is 19.1 Å². The second-order valence-corrected chi connectivity index (χ2v) is 6.52. The Balaban J connectivity index is 2.05.